The number of benzene rings is 2. The second-order valence-corrected chi connectivity index (χ2v) is 7.90. The molecule has 4 rings (SSSR count). The molecule has 0 saturated heterocycles. The lowest BCUT2D eigenvalue weighted by Gasteiger charge is -2.22. The van der Waals surface area contributed by atoms with E-state index in [1.807, 2.05) is 31.2 Å². The maximum absolute atomic E-state index is 13.5. The fourth-order valence-electron chi connectivity index (χ4n) is 3.84. The van der Waals surface area contributed by atoms with Gasteiger partial charge in [0.25, 0.3) is 0 Å². The summed E-state index contributed by atoms with van der Waals surface area (Å²) < 4.78 is 24.6. The van der Waals surface area contributed by atoms with E-state index in [1.54, 1.807) is 19.2 Å². The second-order valence-electron chi connectivity index (χ2n) is 7.52. The van der Waals surface area contributed by atoms with Gasteiger partial charge < -0.3 is 9.47 Å². The Kier molecular flexibility index (Phi) is 6.43. The normalized spacial score (nSPS) is 12.8. The van der Waals surface area contributed by atoms with E-state index in [9.17, 15) is 9.65 Å². The van der Waals surface area contributed by atoms with Crippen LogP contribution in [0.1, 0.15) is 42.0 Å². The van der Waals surface area contributed by atoms with Crippen LogP contribution in [0.5, 0.6) is 11.6 Å². The first-order valence-electron chi connectivity index (χ1n) is 10.5. The van der Waals surface area contributed by atoms with Gasteiger partial charge in [-0.25, -0.2) is 9.37 Å². The molecule has 2 aromatic carbocycles. The number of ether oxygens (including phenoxy) is 2. The van der Waals surface area contributed by atoms with Crippen molar-refractivity contribution in [1.82, 2.24) is 4.98 Å². The van der Waals surface area contributed by atoms with Crippen LogP contribution in [0.3, 0.4) is 0 Å². The minimum absolute atomic E-state index is 0.267. The highest BCUT2D eigenvalue weighted by Gasteiger charge is 2.24. The molecule has 0 fully saturated rings. The summed E-state index contributed by atoms with van der Waals surface area (Å²) in [5.41, 5.74) is 5.28. The Morgan fingerprint density at radius 3 is 2.56 bits per heavy atom. The van der Waals surface area contributed by atoms with Crippen LogP contribution in [0.15, 0.2) is 48.5 Å². The van der Waals surface area contributed by atoms with E-state index in [0.717, 1.165) is 40.9 Å². The Morgan fingerprint density at radius 2 is 1.88 bits per heavy atom. The van der Waals surface area contributed by atoms with Crippen molar-refractivity contribution < 1.29 is 13.9 Å². The Labute approximate surface area is 191 Å². The summed E-state index contributed by atoms with van der Waals surface area (Å²) in [7, 11) is 1.64. The average molecular weight is 449 g/mol. The van der Waals surface area contributed by atoms with Crippen LogP contribution in [0.2, 0.25) is 0 Å². The lowest BCUT2D eigenvalue weighted by atomic mass is 9.86. The van der Waals surface area contributed by atoms with E-state index in [2.05, 4.69) is 11.1 Å². The Morgan fingerprint density at radius 1 is 1.09 bits per heavy atom. The van der Waals surface area contributed by atoms with Gasteiger partial charge in [-0.15, -0.1) is 0 Å². The highest BCUT2D eigenvalue weighted by Crippen LogP contribution is 2.43. The predicted molar refractivity (Wildman–Crippen MR) is 124 cm³/mol. The number of fused-ring (bicyclic) bond motifs is 1. The molecule has 32 heavy (non-hydrogen) atoms. The lowest BCUT2D eigenvalue weighted by molar-refractivity contribution is 0.304. The van der Waals surface area contributed by atoms with Crippen molar-refractivity contribution in [3.8, 4) is 29.0 Å². The van der Waals surface area contributed by atoms with Gasteiger partial charge in [-0.05, 0) is 84.5 Å². The molecule has 162 valence electrons. The topological polar surface area (TPSA) is 55.1 Å². The zero-order valence-corrected chi connectivity index (χ0v) is 18.7. The zero-order valence-electron chi connectivity index (χ0n) is 17.9. The smallest absolute Gasteiger partial charge is 0.232 e. The molecule has 0 saturated carbocycles. The summed E-state index contributed by atoms with van der Waals surface area (Å²) in [6.07, 6.45) is 2.21. The molecule has 0 aliphatic heterocycles. The number of halogens is 2. The van der Waals surface area contributed by atoms with Gasteiger partial charge in [0.1, 0.15) is 23.2 Å². The molecule has 1 heterocycles. The number of hydrogen-bond acceptors (Lipinski definition) is 4. The molecule has 0 bridgehead atoms. The van der Waals surface area contributed by atoms with Crippen molar-refractivity contribution >= 4 is 22.2 Å². The molecular formula is C26H22ClFN2O2. The highest BCUT2D eigenvalue weighted by molar-refractivity contribution is 6.53. The van der Waals surface area contributed by atoms with Crippen molar-refractivity contribution in [2.45, 2.75) is 26.2 Å². The van der Waals surface area contributed by atoms with Gasteiger partial charge in [0.05, 0.1) is 24.4 Å². The van der Waals surface area contributed by atoms with Crippen LogP contribution < -0.4 is 9.47 Å². The van der Waals surface area contributed by atoms with E-state index >= 15 is 0 Å². The molecule has 1 aliphatic rings. The fraction of sp³-hybridized carbons (Fsp3) is 0.231. The number of hydrogen-bond donors (Lipinski definition) is 0. The van der Waals surface area contributed by atoms with Crippen molar-refractivity contribution in [2.24, 2.45) is 0 Å². The highest BCUT2D eigenvalue weighted by atomic mass is 35.5. The van der Waals surface area contributed by atoms with Gasteiger partial charge in [-0.1, -0.05) is 18.5 Å². The molecule has 0 amide bonds. The molecule has 4 nitrogen and oxygen atoms in total. The van der Waals surface area contributed by atoms with E-state index in [-0.39, 0.29) is 11.7 Å². The van der Waals surface area contributed by atoms with Crippen LogP contribution in [0, 0.1) is 17.1 Å². The largest absolute Gasteiger partial charge is 0.497 e. The third kappa shape index (κ3) is 4.19. The Bertz CT molecular complexity index is 1230. The van der Waals surface area contributed by atoms with Gasteiger partial charge in [-0.3, -0.25) is 0 Å². The lowest BCUT2D eigenvalue weighted by Crippen LogP contribution is -2.07. The number of nitrogens with zero attached hydrogens (tertiary/aromatic N) is 2. The maximum Gasteiger partial charge on any atom is 0.232 e. The number of pyridine rings is 1. The molecule has 0 atom stereocenters. The first-order valence-corrected chi connectivity index (χ1v) is 10.8. The summed E-state index contributed by atoms with van der Waals surface area (Å²) in [4.78, 5) is 4.58. The molecule has 0 N–H and O–H groups in total. The quantitative estimate of drug-likeness (QED) is 0.425. The van der Waals surface area contributed by atoms with Gasteiger partial charge in [0.15, 0.2) is 0 Å². The molecule has 1 aromatic heterocycles. The maximum atomic E-state index is 13.5. The van der Waals surface area contributed by atoms with Crippen molar-refractivity contribution in [3.05, 3.63) is 76.6 Å². The third-order valence-corrected chi connectivity index (χ3v) is 5.90. The standard InChI is InChI=1S/C26H22ClFN2O2/c1-3-12-32-26-23(15-29)22(14-24(30-26)16-4-7-18(28)8-5-16)21-10-6-17-13-19(31-2)9-11-20(17)25(21)27/h4-5,7-9,11,13-14H,3,6,10,12H2,1-2H3. The predicted octanol–water partition coefficient (Wildman–Crippen LogP) is 6.61. The summed E-state index contributed by atoms with van der Waals surface area (Å²) in [5.74, 6) is 0.728. The van der Waals surface area contributed by atoms with Crippen LogP contribution in [-0.4, -0.2) is 18.7 Å². The number of allylic oxidation sites excluding steroid dienone is 1. The fourth-order valence-corrected chi connectivity index (χ4v) is 4.22. The SMILES string of the molecule is CCCOc1nc(-c2ccc(F)cc2)cc(C2=C(Cl)c3ccc(OC)cc3CC2)c1C#N. The van der Waals surface area contributed by atoms with Crippen molar-refractivity contribution in [2.75, 3.05) is 13.7 Å². The zero-order chi connectivity index (χ0) is 22.7. The molecule has 3 aromatic rings. The molecule has 0 spiro atoms. The monoisotopic (exact) mass is 448 g/mol. The van der Waals surface area contributed by atoms with Crippen LogP contribution in [0.4, 0.5) is 4.39 Å². The number of aryl methyl sites for hydroxylation is 1. The van der Waals surface area contributed by atoms with E-state index < -0.39 is 0 Å². The number of nitriles is 1. The van der Waals surface area contributed by atoms with E-state index in [4.69, 9.17) is 21.1 Å². The van der Waals surface area contributed by atoms with Crippen LogP contribution in [-0.2, 0) is 6.42 Å². The number of aromatic nitrogens is 1. The van der Waals surface area contributed by atoms with E-state index in [0.29, 0.717) is 34.9 Å². The Balaban J connectivity index is 1.91. The van der Waals surface area contributed by atoms with Crippen LogP contribution in [0.25, 0.3) is 21.9 Å². The van der Waals surface area contributed by atoms with Gasteiger partial charge >= 0.3 is 0 Å². The van der Waals surface area contributed by atoms with E-state index in [1.165, 1.54) is 12.1 Å². The summed E-state index contributed by atoms with van der Waals surface area (Å²) in [6.45, 7) is 2.42. The molecule has 0 radical (unpaired) electrons. The molecular weight excluding hydrogens is 427 g/mol. The number of rotatable bonds is 6. The average Bonchev–Trinajstić information content (AvgIpc) is 2.82. The van der Waals surface area contributed by atoms with Crippen molar-refractivity contribution in [3.63, 3.8) is 0 Å². The van der Waals surface area contributed by atoms with Crippen LogP contribution >= 0.6 is 11.6 Å². The first kappa shape index (κ1) is 21.9. The Hall–Kier alpha value is -3.36. The van der Waals surface area contributed by atoms with Gasteiger partial charge in [0, 0.05) is 11.1 Å². The minimum atomic E-state index is -0.324. The second kappa shape index (κ2) is 9.42. The third-order valence-electron chi connectivity index (χ3n) is 5.46. The summed E-state index contributed by atoms with van der Waals surface area (Å²) >= 11 is 6.87. The first-order chi connectivity index (χ1) is 15.5. The number of methoxy groups -OCH3 is 1. The summed E-state index contributed by atoms with van der Waals surface area (Å²) in [5, 5.41) is 10.6. The van der Waals surface area contributed by atoms with Gasteiger partial charge in [0.2, 0.25) is 5.88 Å². The van der Waals surface area contributed by atoms with Crippen molar-refractivity contribution in [1.29, 1.82) is 5.26 Å². The summed E-state index contributed by atoms with van der Waals surface area (Å²) in [6, 6.07) is 16.0. The van der Waals surface area contributed by atoms with Gasteiger partial charge in [-0.2, -0.15) is 5.26 Å². The minimum Gasteiger partial charge on any atom is -0.497 e. The molecule has 1 aliphatic carbocycles. The molecule has 6 heteroatoms. The molecule has 0 unspecified atom stereocenters.